The molecule has 2 nitrogen and oxygen atoms in total. The van der Waals surface area contributed by atoms with E-state index in [9.17, 15) is 4.39 Å². The maximum atomic E-state index is 13.1. The minimum atomic E-state index is -0.401. The van der Waals surface area contributed by atoms with Crippen LogP contribution in [0.5, 0.6) is 0 Å². The summed E-state index contributed by atoms with van der Waals surface area (Å²) in [5.41, 5.74) is 1.11. The highest BCUT2D eigenvalue weighted by molar-refractivity contribution is 8.14. The van der Waals surface area contributed by atoms with Crippen LogP contribution in [0, 0.1) is 11.2 Å². The zero-order chi connectivity index (χ0) is 13.9. The summed E-state index contributed by atoms with van der Waals surface area (Å²) < 4.78 is 13.1. The van der Waals surface area contributed by atoms with Gasteiger partial charge in [0.2, 0.25) is 0 Å². The lowest BCUT2D eigenvalue weighted by molar-refractivity contribution is 0.318. The van der Waals surface area contributed by atoms with E-state index in [-0.39, 0.29) is 5.02 Å². The monoisotopic (exact) mass is 300 g/mol. The summed E-state index contributed by atoms with van der Waals surface area (Å²) in [5.74, 6) is 0.669. The first-order valence-electron chi connectivity index (χ1n) is 6.48. The van der Waals surface area contributed by atoms with Crippen molar-refractivity contribution in [2.45, 2.75) is 26.7 Å². The third kappa shape index (κ3) is 3.42. The zero-order valence-corrected chi connectivity index (χ0v) is 12.7. The molecule has 104 valence electrons. The van der Waals surface area contributed by atoms with E-state index in [1.165, 1.54) is 6.07 Å². The molecule has 0 aliphatic carbocycles. The number of amidine groups is 1. The fraction of sp³-hybridized carbons (Fsp3) is 0.500. The van der Waals surface area contributed by atoms with Crippen molar-refractivity contribution < 1.29 is 4.39 Å². The Bertz CT molecular complexity index is 486. The van der Waals surface area contributed by atoms with Gasteiger partial charge in [-0.1, -0.05) is 37.2 Å². The van der Waals surface area contributed by atoms with Crippen molar-refractivity contribution in [3.63, 3.8) is 0 Å². The van der Waals surface area contributed by atoms with Crippen molar-refractivity contribution in [1.29, 1.82) is 0 Å². The van der Waals surface area contributed by atoms with Crippen molar-refractivity contribution in [2.24, 2.45) is 10.4 Å². The predicted octanol–water partition coefficient (Wildman–Crippen LogP) is 4.80. The van der Waals surface area contributed by atoms with Gasteiger partial charge in [-0.25, -0.2) is 4.39 Å². The van der Waals surface area contributed by atoms with Crippen LogP contribution in [0.3, 0.4) is 0 Å². The Morgan fingerprint density at radius 2 is 2.16 bits per heavy atom. The largest absolute Gasteiger partial charge is 0.335 e. The third-order valence-electron chi connectivity index (χ3n) is 3.74. The number of hydrogen-bond donors (Lipinski definition) is 1. The van der Waals surface area contributed by atoms with Crippen molar-refractivity contribution in [2.75, 3.05) is 17.6 Å². The van der Waals surface area contributed by atoms with Crippen LogP contribution in [0.1, 0.15) is 26.7 Å². The Morgan fingerprint density at radius 1 is 1.42 bits per heavy atom. The smallest absolute Gasteiger partial charge is 0.161 e. The van der Waals surface area contributed by atoms with Crippen LogP contribution in [0.2, 0.25) is 5.02 Å². The Kier molecular flexibility index (Phi) is 4.74. The standard InChI is InChI=1S/C14H18ClFN2S/c1-3-14(4-2)8-17-13(19-9-14)18-10-5-6-12(16)11(15)7-10/h5-7H,3-4,8-9H2,1-2H3,(H,17,18). The number of nitrogens with zero attached hydrogens (tertiary/aromatic N) is 1. The minimum Gasteiger partial charge on any atom is -0.335 e. The number of hydrogen-bond acceptors (Lipinski definition) is 3. The normalized spacial score (nSPS) is 18.0. The SMILES string of the molecule is CCC1(CC)CN=C(Nc2ccc(F)c(Cl)c2)SC1. The molecule has 1 aromatic carbocycles. The van der Waals surface area contributed by atoms with E-state index in [1.807, 2.05) is 0 Å². The molecule has 1 aliphatic rings. The fourth-order valence-electron chi connectivity index (χ4n) is 2.00. The van der Waals surface area contributed by atoms with E-state index in [0.29, 0.717) is 5.41 Å². The van der Waals surface area contributed by atoms with Crippen LogP contribution in [0.25, 0.3) is 0 Å². The molecule has 0 atom stereocenters. The highest BCUT2D eigenvalue weighted by Gasteiger charge is 2.30. The van der Waals surface area contributed by atoms with Crippen LogP contribution < -0.4 is 5.32 Å². The van der Waals surface area contributed by atoms with Crippen molar-refractivity contribution in [3.8, 4) is 0 Å². The number of nitrogens with one attached hydrogen (secondary N) is 1. The highest BCUT2D eigenvalue weighted by atomic mass is 35.5. The Morgan fingerprint density at radius 3 is 2.68 bits per heavy atom. The first kappa shape index (κ1) is 14.7. The number of thioether (sulfide) groups is 1. The molecule has 0 amide bonds. The summed E-state index contributed by atoms with van der Waals surface area (Å²) in [6.07, 6.45) is 2.30. The topological polar surface area (TPSA) is 24.4 Å². The second-order valence-electron chi connectivity index (χ2n) is 4.87. The van der Waals surface area contributed by atoms with Gasteiger partial charge in [0.25, 0.3) is 0 Å². The van der Waals surface area contributed by atoms with Crippen molar-refractivity contribution in [1.82, 2.24) is 0 Å². The van der Waals surface area contributed by atoms with E-state index < -0.39 is 5.82 Å². The molecular weight excluding hydrogens is 283 g/mol. The van der Waals surface area contributed by atoms with Gasteiger partial charge < -0.3 is 5.32 Å². The van der Waals surface area contributed by atoms with Gasteiger partial charge in [0.1, 0.15) is 5.82 Å². The van der Waals surface area contributed by atoms with Crippen LogP contribution in [0.15, 0.2) is 23.2 Å². The van der Waals surface area contributed by atoms with E-state index in [2.05, 4.69) is 24.2 Å². The number of anilines is 1. The van der Waals surface area contributed by atoms with Crippen LogP contribution >= 0.6 is 23.4 Å². The molecule has 0 saturated carbocycles. The molecule has 1 heterocycles. The number of aliphatic imine (C=N–C) groups is 1. The predicted molar refractivity (Wildman–Crippen MR) is 82.8 cm³/mol. The molecule has 0 fully saturated rings. The number of halogens is 2. The minimum absolute atomic E-state index is 0.128. The van der Waals surface area contributed by atoms with Crippen LogP contribution in [-0.4, -0.2) is 17.5 Å². The summed E-state index contributed by atoms with van der Waals surface area (Å²) in [5, 5.41) is 4.21. The molecule has 1 aromatic rings. The molecule has 0 spiro atoms. The van der Waals surface area contributed by atoms with Gasteiger partial charge in [0, 0.05) is 18.0 Å². The van der Waals surface area contributed by atoms with Crippen molar-refractivity contribution >= 4 is 34.2 Å². The second kappa shape index (κ2) is 6.14. The van der Waals surface area contributed by atoms with Gasteiger partial charge >= 0.3 is 0 Å². The summed E-state index contributed by atoms with van der Waals surface area (Å²) >= 11 is 7.49. The summed E-state index contributed by atoms with van der Waals surface area (Å²) in [6.45, 7) is 5.29. The van der Waals surface area contributed by atoms with Gasteiger partial charge in [0.15, 0.2) is 5.17 Å². The lowest BCUT2D eigenvalue weighted by Gasteiger charge is -2.33. The quantitative estimate of drug-likeness (QED) is 0.867. The fourth-order valence-corrected chi connectivity index (χ4v) is 3.47. The van der Waals surface area contributed by atoms with E-state index in [4.69, 9.17) is 11.6 Å². The summed E-state index contributed by atoms with van der Waals surface area (Å²) in [6, 6.07) is 4.62. The molecule has 5 heteroatoms. The zero-order valence-electron chi connectivity index (χ0n) is 11.2. The number of benzene rings is 1. The Balaban J connectivity index is 2.05. The maximum Gasteiger partial charge on any atom is 0.161 e. The van der Waals surface area contributed by atoms with Gasteiger partial charge in [-0.3, -0.25) is 4.99 Å². The van der Waals surface area contributed by atoms with Gasteiger partial charge in [-0.05, 0) is 36.5 Å². The molecule has 0 unspecified atom stereocenters. The van der Waals surface area contributed by atoms with Gasteiger partial charge in [-0.2, -0.15) is 0 Å². The van der Waals surface area contributed by atoms with E-state index in [1.54, 1.807) is 23.9 Å². The molecule has 2 rings (SSSR count). The molecule has 1 aliphatic heterocycles. The molecular formula is C14H18ClFN2S. The molecule has 0 aromatic heterocycles. The number of rotatable bonds is 3. The maximum absolute atomic E-state index is 13.1. The Hall–Kier alpha value is -0.740. The first-order valence-corrected chi connectivity index (χ1v) is 7.84. The van der Waals surface area contributed by atoms with Gasteiger partial charge in [0.05, 0.1) is 5.02 Å². The van der Waals surface area contributed by atoms with Crippen LogP contribution in [0.4, 0.5) is 10.1 Å². The highest BCUT2D eigenvalue weighted by Crippen LogP contribution is 2.35. The van der Waals surface area contributed by atoms with E-state index in [0.717, 1.165) is 36.0 Å². The summed E-state index contributed by atoms with van der Waals surface area (Å²) in [4.78, 5) is 4.60. The van der Waals surface area contributed by atoms with Crippen LogP contribution in [-0.2, 0) is 0 Å². The van der Waals surface area contributed by atoms with Gasteiger partial charge in [-0.15, -0.1) is 0 Å². The molecule has 0 radical (unpaired) electrons. The third-order valence-corrected chi connectivity index (χ3v) is 5.29. The van der Waals surface area contributed by atoms with Crippen molar-refractivity contribution in [3.05, 3.63) is 29.0 Å². The second-order valence-corrected chi connectivity index (χ2v) is 6.24. The van der Waals surface area contributed by atoms with E-state index >= 15 is 0 Å². The average molecular weight is 301 g/mol. The lowest BCUT2D eigenvalue weighted by Crippen LogP contribution is -2.32. The lowest BCUT2D eigenvalue weighted by atomic mass is 9.84. The molecule has 1 N–H and O–H groups in total. The summed E-state index contributed by atoms with van der Waals surface area (Å²) in [7, 11) is 0. The Labute approximate surface area is 122 Å². The molecule has 19 heavy (non-hydrogen) atoms. The molecule has 0 bridgehead atoms. The first-order chi connectivity index (χ1) is 9.08. The molecule has 0 saturated heterocycles. The average Bonchev–Trinajstić information content (AvgIpc) is 2.44.